The maximum Gasteiger partial charge on any atom is 0.338 e. The van der Waals surface area contributed by atoms with Gasteiger partial charge in [-0.3, -0.25) is 10.1 Å². The number of quaternary nitrogens is 1. The Hall–Kier alpha value is -9.10. The monoisotopic (exact) mass is 815 g/mol. The van der Waals surface area contributed by atoms with Gasteiger partial charge in [-0.15, -0.1) is 0 Å². The van der Waals surface area contributed by atoms with Crippen LogP contribution in [0.3, 0.4) is 0 Å². The Morgan fingerprint density at radius 3 is 1.20 bits per heavy atom. The molecule has 0 unspecified atom stereocenters. The summed E-state index contributed by atoms with van der Waals surface area (Å²) in [4.78, 5) is 64.6. The van der Waals surface area contributed by atoms with Crippen LogP contribution in [0, 0.1) is 10.1 Å². The van der Waals surface area contributed by atoms with Crippen molar-refractivity contribution in [1.82, 2.24) is 46.0 Å². The van der Waals surface area contributed by atoms with Crippen molar-refractivity contribution < 1.29 is 24.7 Å². The van der Waals surface area contributed by atoms with E-state index in [0.717, 1.165) is 94.3 Å². The number of carboxylic acid groups (broad SMARTS) is 2. The van der Waals surface area contributed by atoms with Gasteiger partial charge in [0, 0.05) is 33.2 Å². The van der Waals surface area contributed by atoms with E-state index in [9.17, 15) is 24.8 Å². The fraction of sp³-hybridized carbons (Fsp3) is 0. The van der Waals surface area contributed by atoms with Gasteiger partial charge in [0.1, 0.15) is 28.3 Å². The molecule has 0 aliphatic carbocycles. The number of nitro benzene ring substituents is 1. The van der Waals surface area contributed by atoms with Crippen molar-refractivity contribution in [1.29, 1.82) is 0 Å². The number of para-hydroxylation sites is 6. The lowest BCUT2D eigenvalue weighted by molar-refractivity contribution is -0.383. The van der Waals surface area contributed by atoms with Crippen LogP contribution in [0.1, 0.15) is 20.7 Å². The quantitative estimate of drug-likeness (QED) is 0.0502. The summed E-state index contributed by atoms with van der Waals surface area (Å²) in [6.07, 6.45) is 0. The number of benzene rings is 6. The number of imidazole rings is 4. The summed E-state index contributed by atoms with van der Waals surface area (Å²) < 4.78 is 0. The zero-order chi connectivity index (χ0) is 41.8. The zero-order valence-electron chi connectivity index (χ0n) is 31.8. The number of nitrogens with one attached hydrogen (secondary N) is 4. The number of anilines is 3. The van der Waals surface area contributed by atoms with E-state index in [1.54, 1.807) is 0 Å². The highest BCUT2D eigenvalue weighted by Crippen LogP contribution is 2.31. The Morgan fingerprint density at radius 1 is 0.525 bits per heavy atom. The van der Waals surface area contributed by atoms with E-state index in [2.05, 4.69) is 19.9 Å². The van der Waals surface area contributed by atoms with Crippen molar-refractivity contribution in [3.8, 4) is 0 Å². The van der Waals surface area contributed by atoms with Crippen LogP contribution in [0.15, 0.2) is 109 Å². The number of aromatic carboxylic acids is 2. The number of aromatic amines is 4. The number of hydrogen-bond donors (Lipinski definition) is 9. The molecule has 19 heteroatoms. The molecular formula is C42H33N13O6. The average molecular weight is 816 g/mol. The molecule has 19 nitrogen and oxygen atoms in total. The number of nitro groups is 1. The third-order valence-electron chi connectivity index (χ3n) is 9.94. The maximum absolute atomic E-state index is 10.5. The zero-order valence-corrected chi connectivity index (χ0v) is 31.8. The van der Waals surface area contributed by atoms with Crippen LogP contribution >= 0.6 is 0 Å². The summed E-state index contributed by atoms with van der Waals surface area (Å²) in [6, 6.07) is 32.5. The number of rotatable bonds is 3. The van der Waals surface area contributed by atoms with Crippen molar-refractivity contribution in [2.24, 2.45) is 0 Å². The first-order valence-electron chi connectivity index (χ1n) is 18.0. The molecule has 0 spiro atoms. The highest BCUT2D eigenvalue weighted by atomic mass is 16.6. The Balaban J connectivity index is 0.000000170. The van der Waals surface area contributed by atoms with E-state index in [4.69, 9.17) is 42.2 Å². The molecule has 0 amide bonds. The molecule has 0 aliphatic heterocycles. The van der Waals surface area contributed by atoms with E-state index in [0.29, 0.717) is 0 Å². The van der Waals surface area contributed by atoms with Gasteiger partial charge in [0.25, 0.3) is 5.69 Å². The molecule has 0 atom stereocenters. The van der Waals surface area contributed by atoms with Crippen LogP contribution in [0.2, 0.25) is 0 Å². The highest BCUT2D eigenvalue weighted by molar-refractivity contribution is 6.12. The molecule has 8 bridgehead atoms. The summed E-state index contributed by atoms with van der Waals surface area (Å²) in [7, 11) is 0. The van der Waals surface area contributed by atoms with Gasteiger partial charge in [0.05, 0.1) is 72.0 Å². The Kier molecular flexibility index (Phi) is 9.54. The lowest BCUT2D eigenvalue weighted by Crippen LogP contribution is -2.23. The molecule has 5 aromatic heterocycles. The van der Waals surface area contributed by atoms with Gasteiger partial charge in [0.2, 0.25) is 0 Å². The Morgan fingerprint density at radius 2 is 0.869 bits per heavy atom. The molecule has 6 aromatic carbocycles. The molecule has 0 saturated carbocycles. The minimum Gasteiger partial charge on any atom is -0.545 e. The first-order valence-corrected chi connectivity index (χ1v) is 18.0. The van der Waals surface area contributed by atoms with Gasteiger partial charge in [-0.05, 0) is 60.7 Å². The molecule has 61 heavy (non-hydrogen) atoms. The number of hydrogen-bond acceptors (Lipinski definition) is 12. The molecule has 0 saturated heterocycles. The fourth-order valence-electron chi connectivity index (χ4n) is 7.06. The number of carboxylic acids is 2. The SMILES string of the molecule is Nc1c(C(=O)O)cccc1[N+](=O)[O-].Nc1cccc(C(=O)[O-])c1N.[NH4+].c1cc2[nH]c3nc2c(c1)c1nc2c(cccc2c2nc4c(cccc4c4nc5c(cccc35)[nH]4)[nH]2)[nH]1. The minimum atomic E-state index is -1.31. The maximum atomic E-state index is 10.5. The normalized spacial score (nSPS) is 11.1. The Bertz CT molecular complexity index is 3240. The number of nitrogens with two attached hydrogens (primary N) is 3. The number of nitrogens with zero attached hydrogens (tertiary/aromatic N) is 5. The number of carbonyl (C=O) groups excluding carboxylic acids is 1. The number of carbonyl (C=O) groups is 2. The van der Waals surface area contributed by atoms with E-state index >= 15 is 0 Å². The predicted molar refractivity (Wildman–Crippen MR) is 234 cm³/mol. The van der Waals surface area contributed by atoms with Crippen LogP contribution in [0.25, 0.3) is 88.3 Å². The van der Waals surface area contributed by atoms with Crippen LogP contribution in [-0.2, 0) is 0 Å². The van der Waals surface area contributed by atoms with E-state index in [-0.39, 0.29) is 40.0 Å². The minimum absolute atomic E-state index is 0. The molecule has 302 valence electrons. The van der Waals surface area contributed by atoms with Gasteiger partial charge in [-0.1, -0.05) is 42.5 Å². The number of aromatic nitrogens is 8. The second-order valence-electron chi connectivity index (χ2n) is 13.5. The van der Waals surface area contributed by atoms with Crippen molar-refractivity contribution in [2.75, 3.05) is 17.2 Å². The smallest absolute Gasteiger partial charge is 0.338 e. The van der Waals surface area contributed by atoms with Crippen LogP contribution in [0.4, 0.5) is 22.7 Å². The van der Waals surface area contributed by atoms with Crippen LogP contribution in [-0.4, -0.2) is 61.8 Å². The summed E-state index contributed by atoms with van der Waals surface area (Å²) >= 11 is 0. The number of H-pyrrole nitrogens is 4. The van der Waals surface area contributed by atoms with E-state index < -0.39 is 16.9 Å². The molecule has 0 aliphatic rings. The molecule has 15 N–H and O–H groups in total. The number of nitrogen functional groups attached to an aromatic ring is 3. The Labute approximate surface area is 340 Å². The molecule has 0 fully saturated rings. The molecule has 11 rings (SSSR count). The summed E-state index contributed by atoms with van der Waals surface area (Å²) in [5, 5.41) is 33.0. The second kappa shape index (κ2) is 15.0. The summed E-state index contributed by atoms with van der Waals surface area (Å²) in [6.45, 7) is 0. The van der Waals surface area contributed by atoms with Gasteiger partial charge < -0.3 is 58.3 Å². The van der Waals surface area contributed by atoms with Crippen molar-refractivity contribution in [2.45, 2.75) is 0 Å². The number of fused-ring (bicyclic) bond motifs is 8. The largest absolute Gasteiger partial charge is 0.545 e. The first-order chi connectivity index (χ1) is 29.0. The summed E-state index contributed by atoms with van der Waals surface area (Å²) in [5.41, 5.74) is 25.5. The predicted octanol–water partition coefficient (Wildman–Crippen LogP) is 6.83. The van der Waals surface area contributed by atoms with Crippen molar-refractivity contribution in [3.63, 3.8) is 0 Å². The van der Waals surface area contributed by atoms with Crippen LogP contribution < -0.4 is 28.5 Å². The molecule has 5 heterocycles. The second-order valence-corrected chi connectivity index (χ2v) is 13.5. The van der Waals surface area contributed by atoms with Crippen molar-refractivity contribution in [3.05, 3.63) is 130 Å². The van der Waals surface area contributed by atoms with Crippen molar-refractivity contribution >= 4 is 123 Å². The average Bonchev–Trinajstić information content (AvgIpc) is 4.05. The lowest BCUT2D eigenvalue weighted by Gasteiger charge is -2.07. The van der Waals surface area contributed by atoms with Gasteiger partial charge in [0.15, 0.2) is 0 Å². The molecule has 0 radical (unpaired) electrons. The molecular weight excluding hydrogens is 783 g/mol. The van der Waals surface area contributed by atoms with Gasteiger partial charge >= 0.3 is 5.97 Å². The highest BCUT2D eigenvalue weighted by Gasteiger charge is 2.18. The lowest BCUT2D eigenvalue weighted by atomic mass is 10.1. The summed E-state index contributed by atoms with van der Waals surface area (Å²) in [5.74, 6) is -2.59. The van der Waals surface area contributed by atoms with Gasteiger partial charge in [-0.25, -0.2) is 24.7 Å². The van der Waals surface area contributed by atoms with E-state index in [1.807, 2.05) is 72.8 Å². The topological polar surface area (TPSA) is 350 Å². The van der Waals surface area contributed by atoms with E-state index in [1.165, 1.54) is 30.3 Å². The standard InChI is InChI=1S/C28H16N8.C7H6N2O4.C7H8N2O2.H3N/c1-5-13-21-17(9-1)29-26(33-21)14-6-2-11-19-23(14)35-28(31-19)16-8-4-12-20-24(16)36-27(32-20)15-7-3-10-18-22(15)34-25(13)30-18;8-6-4(7(10)11)2-1-3-5(6)9(12)13;8-5-3-1-2-4(6(5)9)7(10)11;/h1-12H,(H,29,33)(H,30,34)(H,31,35)(H,32,36);1-3H,8H2,(H,10,11);1-3H,8-9H2,(H,10,11);1H3. The fourth-order valence-corrected chi connectivity index (χ4v) is 7.06. The van der Waals surface area contributed by atoms with Crippen LogP contribution in [0.5, 0.6) is 0 Å². The first kappa shape index (κ1) is 38.8. The van der Waals surface area contributed by atoms with Gasteiger partial charge in [-0.2, -0.15) is 0 Å². The third kappa shape index (κ3) is 6.69. The third-order valence-corrected chi connectivity index (χ3v) is 9.94. The molecule has 11 aromatic rings.